The highest BCUT2D eigenvalue weighted by atomic mass is 16.0. The van der Waals surface area contributed by atoms with Crippen molar-refractivity contribution < 1.29 is 5.48 Å². The summed E-state index contributed by atoms with van der Waals surface area (Å²) in [5.41, 5.74) is 0. The minimum atomic E-state index is 0. The molecule has 1 nitrogen and oxygen atoms in total. The lowest BCUT2D eigenvalue weighted by atomic mass is 9.80. The SMILES string of the molecule is CCCCC1CCCC(C)C1.O. The number of hydrogen-bond acceptors (Lipinski definition) is 0. The molecule has 0 amide bonds. The second kappa shape index (κ2) is 6.47. The summed E-state index contributed by atoms with van der Waals surface area (Å²) in [6, 6.07) is 0. The second-order valence-electron chi connectivity index (χ2n) is 4.28. The lowest BCUT2D eigenvalue weighted by Crippen LogP contribution is -2.12. The predicted molar refractivity (Wildman–Crippen MR) is 54.3 cm³/mol. The van der Waals surface area contributed by atoms with E-state index in [4.69, 9.17) is 0 Å². The molecule has 0 aromatic heterocycles. The monoisotopic (exact) mass is 172 g/mol. The first-order valence-electron chi connectivity index (χ1n) is 5.33. The van der Waals surface area contributed by atoms with Crippen LogP contribution in [0.1, 0.15) is 58.8 Å². The van der Waals surface area contributed by atoms with Crippen molar-refractivity contribution in [2.24, 2.45) is 11.8 Å². The average Bonchev–Trinajstić information content (AvgIpc) is 2.01. The minimum absolute atomic E-state index is 0. The van der Waals surface area contributed by atoms with E-state index in [0.29, 0.717) is 0 Å². The van der Waals surface area contributed by atoms with E-state index in [-0.39, 0.29) is 5.48 Å². The topological polar surface area (TPSA) is 31.5 Å². The van der Waals surface area contributed by atoms with E-state index in [2.05, 4.69) is 13.8 Å². The quantitative estimate of drug-likeness (QED) is 0.626. The highest BCUT2D eigenvalue weighted by Crippen LogP contribution is 2.31. The molecule has 2 N–H and O–H groups in total. The van der Waals surface area contributed by atoms with Gasteiger partial charge >= 0.3 is 0 Å². The van der Waals surface area contributed by atoms with E-state index < -0.39 is 0 Å². The van der Waals surface area contributed by atoms with Gasteiger partial charge in [0, 0.05) is 0 Å². The molecule has 1 heteroatoms. The first kappa shape index (κ1) is 12.0. The van der Waals surface area contributed by atoms with Crippen molar-refractivity contribution in [1.29, 1.82) is 0 Å². The Morgan fingerprint density at radius 3 is 2.58 bits per heavy atom. The first-order chi connectivity index (χ1) is 5.33. The Morgan fingerprint density at radius 2 is 2.00 bits per heavy atom. The zero-order valence-electron chi connectivity index (χ0n) is 8.60. The van der Waals surface area contributed by atoms with Gasteiger partial charge in [0.25, 0.3) is 0 Å². The molecule has 0 aromatic carbocycles. The average molecular weight is 172 g/mol. The van der Waals surface area contributed by atoms with E-state index in [1.165, 1.54) is 44.9 Å². The number of unbranched alkanes of at least 4 members (excludes halogenated alkanes) is 1. The van der Waals surface area contributed by atoms with Crippen LogP contribution in [0.4, 0.5) is 0 Å². The summed E-state index contributed by atoms with van der Waals surface area (Å²) in [5, 5.41) is 0. The second-order valence-corrected chi connectivity index (χ2v) is 4.28. The van der Waals surface area contributed by atoms with Crippen LogP contribution in [0.5, 0.6) is 0 Å². The summed E-state index contributed by atoms with van der Waals surface area (Å²) < 4.78 is 0. The Kier molecular flexibility index (Phi) is 6.45. The molecule has 74 valence electrons. The normalized spacial score (nSPS) is 29.5. The van der Waals surface area contributed by atoms with E-state index in [1.807, 2.05) is 0 Å². The van der Waals surface area contributed by atoms with Gasteiger partial charge in [0.05, 0.1) is 0 Å². The molecule has 12 heavy (non-hydrogen) atoms. The molecule has 0 radical (unpaired) electrons. The molecule has 2 unspecified atom stereocenters. The fourth-order valence-corrected chi connectivity index (χ4v) is 2.31. The zero-order chi connectivity index (χ0) is 8.10. The molecule has 1 fully saturated rings. The van der Waals surface area contributed by atoms with Crippen molar-refractivity contribution in [3.8, 4) is 0 Å². The molecule has 0 saturated heterocycles. The molecular formula is C11H24O. The van der Waals surface area contributed by atoms with E-state index in [0.717, 1.165) is 11.8 Å². The third-order valence-electron chi connectivity index (χ3n) is 3.01. The largest absolute Gasteiger partial charge is 0.412 e. The molecule has 2 atom stereocenters. The van der Waals surface area contributed by atoms with E-state index in [9.17, 15) is 0 Å². The lowest BCUT2D eigenvalue weighted by molar-refractivity contribution is 0.265. The molecule has 0 heterocycles. The molecule has 1 aliphatic rings. The summed E-state index contributed by atoms with van der Waals surface area (Å²) in [6.45, 7) is 4.71. The molecule has 0 spiro atoms. The molecule has 1 saturated carbocycles. The van der Waals surface area contributed by atoms with Crippen LogP contribution in [0.2, 0.25) is 0 Å². The van der Waals surface area contributed by atoms with E-state index >= 15 is 0 Å². The van der Waals surface area contributed by atoms with Crippen molar-refractivity contribution in [1.82, 2.24) is 0 Å². The molecule has 0 aliphatic heterocycles. The molecule has 0 bridgehead atoms. The van der Waals surface area contributed by atoms with Crippen molar-refractivity contribution >= 4 is 0 Å². The van der Waals surface area contributed by atoms with Crippen LogP contribution >= 0.6 is 0 Å². The van der Waals surface area contributed by atoms with Gasteiger partial charge in [0.1, 0.15) is 0 Å². The van der Waals surface area contributed by atoms with Crippen LogP contribution < -0.4 is 0 Å². The van der Waals surface area contributed by atoms with Crippen molar-refractivity contribution in [3.05, 3.63) is 0 Å². The fourth-order valence-electron chi connectivity index (χ4n) is 2.31. The zero-order valence-corrected chi connectivity index (χ0v) is 8.60. The van der Waals surface area contributed by atoms with Crippen LogP contribution in [0.3, 0.4) is 0 Å². The van der Waals surface area contributed by atoms with Crippen molar-refractivity contribution in [2.75, 3.05) is 0 Å². The van der Waals surface area contributed by atoms with Gasteiger partial charge in [-0.05, 0) is 18.3 Å². The van der Waals surface area contributed by atoms with Gasteiger partial charge in [0.2, 0.25) is 0 Å². The van der Waals surface area contributed by atoms with Crippen molar-refractivity contribution in [3.63, 3.8) is 0 Å². The summed E-state index contributed by atoms with van der Waals surface area (Å²) in [5.74, 6) is 2.10. The van der Waals surface area contributed by atoms with Crippen LogP contribution in [0.15, 0.2) is 0 Å². The molecular weight excluding hydrogens is 148 g/mol. The Hall–Kier alpha value is -0.0400. The third kappa shape index (κ3) is 4.10. The Bertz CT molecular complexity index is 101. The van der Waals surface area contributed by atoms with Gasteiger partial charge in [0.15, 0.2) is 0 Å². The maximum absolute atomic E-state index is 2.41. The van der Waals surface area contributed by atoms with Crippen LogP contribution in [0.25, 0.3) is 0 Å². The standard InChI is InChI=1S/C11H22.H2O/c1-3-4-7-11-8-5-6-10(2)9-11;/h10-11H,3-9H2,1-2H3;1H2. The molecule has 1 rings (SSSR count). The van der Waals surface area contributed by atoms with Crippen LogP contribution in [-0.2, 0) is 0 Å². The molecule has 0 aromatic rings. The maximum Gasteiger partial charge on any atom is -0.0412 e. The van der Waals surface area contributed by atoms with Gasteiger partial charge in [-0.25, -0.2) is 0 Å². The highest BCUT2D eigenvalue weighted by molar-refractivity contribution is 4.70. The Labute approximate surface area is 76.9 Å². The smallest absolute Gasteiger partial charge is 0.0412 e. The predicted octanol–water partition coefficient (Wildman–Crippen LogP) is 3.18. The summed E-state index contributed by atoms with van der Waals surface area (Å²) >= 11 is 0. The van der Waals surface area contributed by atoms with Crippen LogP contribution in [0, 0.1) is 11.8 Å². The van der Waals surface area contributed by atoms with Gasteiger partial charge in [-0.3, -0.25) is 0 Å². The van der Waals surface area contributed by atoms with Gasteiger partial charge in [-0.2, -0.15) is 0 Å². The third-order valence-corrected chi connectivity index (χ3v) is 3.01. The Morgan fingerprint density at radius 1 is 1.25 bits per heavy atom. The highest BCUT2D eigenvalue weighted by Gasteiger charge is 2.17. The van der Waals surface area contributed by atoms with Crippen molar-refractivity contribution in [2.45, 2.75) is 58.8 Å². The minimum Gasteiger partial charge on any atom is -0.412 e. The van der Waals surface area contributed by atoms with Gasteiger partial charge < -0.3 is 5.48 Å². The number of hydrogen-bond donors (Lipinski definition) is 0. The van der Waals surface area contributed by atoms with Gasteiger partial charge in [-0.15, -0.1) is 0 Å². The summed E-state index contributed by atoms with van der Waals surface area (Å²) in [6.07, 6.45) is 10.4. The van der Waals surface area contributed by atoms with Crippen LogP contribution in [-0.4, -0.2) is 5.48 Å². The van der Waals surface area contributed by atoms with Gasteiger partial charge in [-0.1, -0.05) is 52.4 Å². The Balaban J connectivity index is 0.00000121. The van der Waals surface area contributed by atoms with E-state index in [1.54, 1.807) is 0 Å². The summed E-state index contributed by atoms with van der Waals surface area (Å²) in [4.78, 5) is 0. The maximum atomic E-state index is 2.41. The first-order valence-corrected chi connectivity index (χ1v) is 5.33. The number of rotatable bonds is 3. The molecule has 1 aliphatic carbocycles. The fraction of sp³-hybridized carbons (Fsp3) is 1.00. The summed E-state index contributed by atoms with van der Waals surface area (Å²) in [7, 11) is 0. The lowest BCUT2D eigenvalue weighted by Gasteiger charge is -2.26.